The highest BCUT2D eigenvalue weighted by molar-refractivity contribution is 5.75. The van der Waals surface area contributed by atoms with Gasteiger partial charge in [-0.15, -0.1) is 0 Å². The van der Waals surface area contributed by atoms with Crippen LogP contribution in [0, 0.1) is 23.2 Å². The molecule has 5 heteroatoms. The van der Waals surface area contributed by atoms with Crippen LogP contribution in [0.4, 0.5) is 0 Å². The molecule has 162 valence electrons. The Bertz CT molecular complexity index is 802. The molecule has 1 spiro atoms. The number of hydrogen-bond acceptors (Lipinski definition) is 5. The molecule has 30 heavy (non-hydrogen) atoms. The van der Waals surface area contributed by atoms with Gasteiger partial charge in [-0.05, 0) is 86.9 Å². The molecule has 5 aliphatic rings. The van der Waals surface area contributed by atoms with Gasteiger partial charge in [0.05, 0.1) is 18.1 Å². The lowest BCUT2D eigenvalue weighted by molar-refractivity contribution is -0.147. The molecule has 5 nitrogen and oxygen atoms in total. The molecule has 5 fully saturated rings. The smallest absolute Gasteiger partial charge is 0.310 e. The predicted octanol–water partition coefficient (Wildman–Crippen LogP) is 3.79. The molecule has 6 atom stereocenters. The van der Waals surface area contributed by atoms with E-state index in [1.54, 1.807) is 0 Å². The van der Waals surface area contributed by atoms with Crippen molar-refractivity contribution in [3.63, 3.8) is 0 Å². The topological polar surface area (TPSA) is 55.0 Å². The van der Waals surface area contributed by atoms with Gasteiger partial charge in [0.2, 0.25) is 0 Å². The largest absolute Gasteiger partial charge is 0.462 e. The Morgan fingerprint density at radius 2 is 2.10 bits per heavy atom. The first-order valence-electron chi connectivity index (χ1n) is 12.0. The molecule has 0 radical (unpaired) electrons. The van der Waals surface area contributed by atoms with Crippen molar-refractivity contribution in [2.75, 3.05) is 26.2 Å². The first-order valence-corrected chi connectivity index (χ1v) is 12.0. The summed E-state index contributed by atoms with van der Waals surface area (Å²) in [6, 6.07) is 4.24. The van der Waals surface area contributed by atoms with Crippen molar-refractivity contribution in [1.29, 1.82) is 0 Å². The number of ether oxygens (including phenoxy) is 2. The Balaban J connectivity index is 1.12. The number of aromatic nitrogens is 1. The third kappa shape index (κ3) is 3.12. The van der Waals surface area contributed by atoms with Crippen LogP contribution in [0.2, 0.25) is 0 Å². The molecule has 1 aromatic heterocycles. The Labute approximate surface area is 179 Å². The molecule has 0 amide bonds. The van der Waals surface area contributed by atoms with Crippen LogP contribution in [0.3, 0.4) is 0 Å². The van der Waals surface area contributed by atoms with Crippen LogP contribution in [0.1, 0.15) is 63.4 Å². The zero-order valence-electron chi connectivity index (χ0n) is 18.1. The molecule has 0 aromatic carbocycles. The number of carbonyl (C=O) groups is 1. The van der Waals surface area contributed by atoms with E-state index < -0.39 is 0 Å². The van der Waals surface area contributed by atoms with E-state index in [4.69, 9.17) is 9.47 Å². The van der Waals surface area contributed by atoms with Crippen LogP contribution in [-0.2, 0) is 14.3 Å². The van der Waals surface area contributed by atoms with Gasteiger partial charge in [0.25, 0.3) is 0 Å². The number of fused-ring (bicyclic) bond motifs is 3. The lowest BCUT2D eigenvalue weighted by Gasteiger charge is -2.51. The lowest BCUT2D eigenvalue weighted by Crippen LogP contribution is -2.51. The third-order valence-electron chi connectivity index (χ3n) is 9.28. The number of rotatable bonds is 3. The zero-order valence-corrected chi connectivity index (χ0v) is 18.1. The second-order valence-corrected chi connectivity index (χ2v) is 11.0. The summed E-state index contributed by atoms with van der Waals surface area (Å²) in [5.41, 5.74) is 1.78. The van der Waals surface area contributed by atoms with E-state index in [9.17, 15) is 4.79 Å². The van der Waals surface area contributed by atoms with E-state index in [1.165, 1.54) is 24.8 Å². The average molecular weight is 411 g/mol. The minimum absolute atomic E-state index is 0.0484. The quantitative estimate of drug-likeness (QED) is 0.561. The second kappa shape index (κ2) is 7.03. The highest BCUT2D eigenvalue weighted by Gasteiger charge is 2.65. The van der Waals surface area contributed by atoms with E-state index in [0.29, 0.717) is 17.8 Å². The predicted molar refractivity (Wildman–Crippen MR) is 113 cm³/mol. The van der Waals surface area contributed by atoms with Crippen LogP contribution >= 0.6 is 0 Å². The highest BCUT2D eigenvalue weighted by Crippen LogP contribution is 2.62. The van der Waals surface area contributed by atoms with E-state index in [1.807, 2.05) is 18.5 Å². The number of likely N-dealkylation sites (tertiary alicyclic amines) is 1. The molecular formula is C25H34N2O3. The molecular weight excluding hydrogens is 376 g/mol. The van der Waals surface area contributed by atoms with Crippen LogP contribution in [-0.4, -0.2) is 53.8 Å². The maximum atomic E-state index is 12.9. The monoisotopic (exact) mass is 410 g/mol. The van der Waals surface area contributed by atoms with E-state index >= 15 is 0 Å². The number of pyridine rings is 1. The minimum Gasteiger partial charge on any atom is -0.462 e. The molecule has 6 rings (SSSR count). The summed E-state index contributed by atoms with van der Waals surface area (Å²) in [4.78, 5) is 19.7. The summed E-state index contributed by atoms with van der Waals surface area (Å²) >= 11 is 0. The molecule has 3 aliphatic heterocycles. The standard InChI is InChI=1S/C25H34N2O3/c1-24-7-3-8-25(16-29-25)22(24)12-19-20(23(28)30-21(19)13-24)15-27-10-5-17(6-11-27)18-4-2-9-26-14-18/h2,4,9,14,17,19-22H,3,5-8,10-13,15-16H2,1H3/t19-,20-,21-,22-,24-,25+/m1/s1. The maximum Gasteiger partial charge on any atom is 0.310 e. The summed E-state index contributed by atoms with van der Waals surface area (Å²) in [5.74, 6) is 1.70. The molecule has 4 heterocycles. The fourth-order valence-corrected chi connectivity index (χ4v) is 7.51. The van der Waals surface area contributed by atoms with E-state index in [-0.39, 0.29) is 29.0 Å². The van der Waals surface area contributed by atoms with Gasteiger partial charge >= 0.3 is 5.97 Å². The summed E-state index contributed by atoms with van der Waals surface area (Å²) in [6.45, 7) is 6.37. The van der Waals surface area contributed by atoms with E-state index in [0.717, 1.165) is 51.9 Å². The second-order valence-electron chi connectivity index (χ2n) is 11.0. The van der Waals surface area contributed by atoms with Crippen molar-refractivity contribution in [3.05, 3.63) is 30.1 Å². The Morgan fingerprint density at radius 3 is 2.83 bits per heavy atom. The zero-order chi connectivity index (χ0) is 20.3. The first kappa shape index (κ1) is 19.2. The van der Waals surface area contributed by atoms with Gasteiger partial charge in [0.15, 0.2) is 0 Å². The van der Waals surface area contributed by atoms with Crippen molar-refractivity contribution in [2.24, 2.45) is 23.2 Å². The number of piperidine rings is 1. The van der Waals surface area contributed by atoms with Crippen molar-refractivity contribution in [2.45, 2.75) is 69.5 Å². The van der Waals surface area contributed by atoms with Gasteiger partial charge in [-0.1, -0.05) is 13.0 Å². The number of nitrogens with zero attached hydrogens (tertiary/aromatic N) is 2. The molecule has 2 saturated carbocycles. The summed E-state index contributed by atoms with van der Waals surface area (Å²) < 4.78 is 12.0. The summed E-state index contributed by atoms with van der Waals surface area (Å²) in [6.07, 6.45) is 12.2. The number of esters is 1. The average Bonchev–Trinajstić information content (AvgIpc) is 3.46. The minimum atomic E-state index is 0.0484. The summed E-state index contributed by atoms with van der Waals surface area (Å²) in [5, 5.41) is 0. The summed E-state index contributed by atoms with van der Waals surface area (Å²) in [7, 11) is 0. The number of carbonyl (C=O) groups excluding carboxylic acids is 1. The maximum absolute atomic E-state index is 12.9. The van der Waals surface area contributed by atoms with Gasteiger partial charge < -0.3 is 14.4 Å². The van der Waals surface area contributed by atoms with Gasteiger partial charge in [-0.3, -0.25) is 9.78 Å². The van der Waals surface area contributed by atoms with Crippen molar-refractivity contribution >= 4 is 5.97 Å². The molecule has 2 aliphatic carbocycles. The third-order valence-corrected chi connectivity index (χ3v) is 9.28. The Morgan fingerprint density at radius 1 is 1.27 bits per heavy atom. The van der Waals surface area contributed by atoms with Crippen LogP contribution in [0.25, 0.3) is 0 Å². The van der Waals surface area contributed by atoms with Gasteiger partial charge in [0, 0.05) is 24.9 Å². The molecule has 1 aromatic rings. The number of epoxide rings is 1. The molecule has 0 bridgehead atoms. The SMILES string of the molecule is C[C@]12CCC[C@]3(CO3)[C@@H]1C[C@H]1[C@@H](C2)OC(=O)[C@@H]1CN1CCC(c2cccnc2)CC1. The molecule has 0 N–H and O–H groups in total. The Hall–Kier alpha value is -1.46. The highest BCUT2D eigenvalue weighted by atomic mass is 16.6. The lowest BCUT2D eigenvalue weighted by atomic mass is 9.53. The van der Waals surface area contributed by atoms with Gasteiger partial charge in [0.1, 0.15) is 6.10 Å². The van der Waals surface area contributed by atoms with Crippen molar-refractivity contribution < 1.29 is 14.3 Å². The number of hydrogen-bond donors (Lipinski definition) is 0. The fourth-order valence-electron chi connectivity index (χ4n) is 7.51. The normalized spacial score (nSPS) is 43.8. The van der Waals surface area contributed by atoms with Crippen LogP contribution in [0.5, 0.6) is 0 Å². The van der Waals surface area contributed by atoms with E-state index in [2.05, 4.69) is 22.9 Å². The molecule has 3 saturated heterocycles. The first-order chi connectivity index (χ1) is 14.6. The van der Waals surface area contributed by atoms with Crippen molar-refractivity contribution in [3.8, 4) is 0 Å². The van der Waals surface area contributed by atoms with Crippen molar-refractivity contribution in [1.82, 2.24) is 9.88 Å². The van der Waals surface area contributed by atoms with Gasteiger partial charge in [-0.2, -0.15) is 0 Å². The molecule has 0 unspecified atom stereocenters. The van der Waals surface area contributed by atoms with Crippen LogP contribution < -0.4 is 0 Å². The van der Waals surface area contributed by atoms with Gasteiger partial charge in [-0.25, -0.2) is 0 Å². The Kier molecular flexibility index (Phi) is 4.51. The van der Waals surface area contributed by atoms with Crippen LogP contribution in [0.15, 0.2) is 24.5 Å². The fraction of sp³-hybridized carbons (Fsp3) is 0.760.